The Labute approximate surface area is 215 Å². The molecule has 180 valence electrons. The maximum atomic E-state index is 12.0. The molecule has 1 atom stereocenters. The first-order valence-electron chi connectivity index (χ1n) is 11.1. The van der Waals surface area contributed by atoms with E-state index in [0.29, 0.717) is 25.3 Å². The number of halogens is 1. The number of methoxy groups -OCH3 is 1. The highest BCUT2D eigenvalue weighted by molar-refractivity contribution is 14.1. The van der Waals surface area contributed by atoms with Crippen LogP contribution in [0.15, 0.2) is 84.1 Å². The van der Waals surface area contributed by atoms with Crippen molar-refractivity contribution in [1.29, 1.82) is 0 Å². The van der Waals surface area contributed by atoms with Gasteiger partial charge in [-0.15, -0.1) is 0 Å². The number of esters is 1. The molecule has 0 saturated carbocycles. The Kier molecular flexibility index (Phi) is 12.0. The molecule has 0 aliphatic heterocycles. The Balaban J connectivity index is 0.00000199. The summed E-state index contributed by atoms with van der Waals surface area (Å²) >= 11 is 2.24. The number of nitrogens with zero attached hydrogens (tertiary/aromatic N) is 1. The number of hydrogen-bond donors (Lipinski definition) is 1. The first-order chi connectivity index (χ1) is 16.6. The van der Waals surface area contributed by atoms with E-state index >= 15 is 0 Å². The van der Waals surface area contributed by atoms with Gasteiger partial charge in [-0.3, -0.25) is 0 Å². The van der Waals surface area contributed by atoms with Crippen molar-refractivity contribution in [2.24, 2.45) is 0 Å². The highest BCUT2D eigenvalue weighted by Gasteiger charge is 2.18. The molecule has 0 amide bonds. The Hall–Kier alpha value is -3.07. The number of rotatable bonds is 11. The van der Waals surface area contributed by atoms with Crippen LogP contribution in [0, 0.1) is 3.57 Å². The Morgan fingerprint density at radius 3 is 2.68 bits per heavy atom. The standard InChI is InChI=1S/C25H25IN2O4.C2H6/c1-3-4-13-27-22(25(29)30-2)16-18-10-11-23(21(26)15-18)31-14-12-20-17-32-24(28-20)19-8-6-5-7-9-19;1-2/h3-11,13,15,17,22,27H,1,12,14,16H2,2H3;1-2H3/b13-4-;. The molecular weight excluding hydrogens is 543 g/mol. The largest absolute Gasteiger partial charge is 0.492 e. The van der Waals surface area contributed by atoms with Crippen LogP contribution in [0.2, 0.25) is 0 Å². The van der Waals surface area contributed by atoms with Gasteiger partial charge in [-0.1, -0.05) is 50.8 Å². The third-order valence-electron chi connectivity index (χ3n) is 4.64. The molecule has 1 aromatic heterocycles. The predicted octanol–water partition coefficient (Wildman–Crippen LogP) is 5.97. The normalized spacial score (nSPS) is 11.3. The molecule has 0 bridgehead atoms. The Morgan fingerprint density at radius 2 is 2.00 bits per heavy atom. The molecule has 0 radical (unpaired) electrons. The summed E-state index contributed by atoms with van der Waals surface area (Å²) in [6, 6.07) is 15.2. The minimum absolute atomic E-state index is 0.323. The molecule has 34 heavy (non-hydrogen) atoms. The smallest absolute Gasteiger partial charge is 0.328 e. The second-order valence-corrected chi connectivity index (χ2v) is 8.08. The van der Waals surface area contributed by atoms with E-state index < -0.39 is 6.04 Å². The van der Waals surface area contributed by atoms with E-state index in [1.165, 1.54) is 7.11 Å². The average molecular weight is 574 g/mol. The van der Waals surface area contributed by atoms with Crippen LogP contribution in [0.5, 0.6) is 5.75 Å². The van der Waals surface area contributed by atoms with Crippen molar-refractivity contribution in [3.05, 3.63) is 94.6 Å². The molecule has 2 aromatic carbocycles. The molecule has 0 spiro atoms. The van der Waals surface area contributed by atoms with Gasteiger partial charge in [0.2, 0.25) is 5.89 Å². The van der Waals surface area contributed by atoms with Gasteiger partial charge in [0.05, 0.1) is 23.0 Å². The number of carbonyl (C=O) groups excluding carboxylic acids is 1. The zero-order chi connectivity index (χ0) is 24.8. The van der Waals surface area contributed by atoms with Crippen LogP contribution in [-0.4, -0.2) is 30.7 Å². The first-order valence-corrected chi connectivity index (χ1v) is 12.2. The van der Waals surface area contributed by atoms with E-state index in [1.54, 1.807) is 24.6 Å². The number of hydrogen-bond acceptors (Lipinski definition) is 6. The molecule has 3 rings (SSSR count). The van der Waals surface area contributed by atoms with Crippen molar-refractivity contribution in [3.8, 4) is 17.2 Å². The van der Waals surface area contributed by atoms with Gasteiger partial charge in [0, 0.05) is 18.4 Å². The zero-order valence-corrected chi connectivity index (χ0v) is 21.9. The van der Waals surface area contributed by atoms with Crippen molar-refractivity contribution in [2.45, 2.75) is 32.7 Å². The fraction of sp³-hybridized carbons (Fsp3) is 0.259. The summed E-state index contributed by atoms with van der Waals surface area (Å²) in [5.41, 5.74) is 2.79. The summed E-state index contributed by atoms with van der Waals surface area (Å²) in [5.74, 6) is 1.07. The quantitative estimate of drug-likeness (QED) is 0.173. The van der Waals surface area contributed by atoms with Crippen LogP contribution in [0.3, 0.4) is 0 Å². The summed E-state index contributed by atoms with van der Waals surface area (Å²) in [4.78, 5) is 16.6. The molecular formula is C27H31IN2O4. The molecule has 1 heterocycles. The minimum Gasteiger partial charge on any atom is -0.492 e. The van der Waals surface area contributed by atoms with E-state index in [1.807, 2.05) is 62.4 Å². The summed E-state index contributed by atoms with van der Waals surface area (Å²) in [5, 5.41) is 3.04. The van der Waals surface area contributed by atoms with Crippen molar-refractivity contribution in [1.82, 2.24) is 10.3 Å². The van der Waals surface area contributed by atoms with E-state index in [2.05, 4.69) is 39.5 Å². The average Bonchev–Trinajstić information content (AvgIpc) is 3.35. The molecule has 7 heteroatoms. The topological polar surface area (TPSA) is 73.6 Å². The lowest BCUT2D eigenvalue weighted by molar-refractivity contribution is -0.142. The fourth-order valence-electron chi connectivity index (χ4n) is 3.02. The number of aromatic nitrogens is 1. The fourth-order valence-corrected chi connectivity index (χ4v) is 3.75. The van der Waals surface area contributed by atoms with Gasteiger partial charge in [-0.2, -0.15) is 0 Å². The van der Waals surface area contributed by atoms with Crippen LogP contribution in [0.4, 0.5) is 0 Å². The van der Waals surface area contributed by atoms with Crippen LogP contribution in [0.25, 0.3) is 11.5 Å². The molecule has 6 nitrogen and oxygen atoms in total. The lowest BCUT2D eigenvalue weighted by Gasteiger charge is -2.16. The van der Waals surface area contributed by atoms with Crippen LogP contribution >= 0.6 is 22.6 Å². The van der Waals surface area contributed by atoms with Gasteiger partial charge in [0.1, 0.15) is 18.1 Å². The van der Waals surface area contributed by atoms with Crippen LogP contribution < -0.4 is 10.1 Å². The van der Waals surface area contributed by atoms with Crippen molar-refractivity contribution < 1.29 is 18.7 Å². The SMILES string of the molecule is C=C/C=C\NC(Cc1ccc(OCCc2coc(-c3ccccc3)n2)c(I)c1)C(=O)OC.CC. The van der Waals surface area contributed by atoms with Gasteiger partial charge in [-0.25, -0.2) is 9.78 Å². The second kappa shape index (κ2) is 15.0. The Bertz CT molecular complexity index is 1060. The van der Waals surface area contributed by atoms with E-state index in [0.717, 1.165) is 26.1 Å². The lowest BCUT2D eigenvalue weighted by atomic mass is 10.1. The van der Waals surface area contributed by atoms with Crippen molar-refractivity contribution in [2.75, 3.05) is 13.7 Å². The molecule has 1 N–H and O–H groups in total. The number of ether oxygens (including phenoxy) is 2. The highest BCUT2D eigenvalue weighted by Crippen LogP contribution is 2.24. The van der Waals surface area contributed by atoms with E-state index in [-0.39, 0.29) is 5.97 Å². The number of benzene rings is 2. The predicted molar refractivity (Wildman–Crippen MR) is 144 cm³/mol. The van der Waals surface area contributed by atoms with E-state index in [9.17, 15) is 4.79 Å². The second-order valence-electron chi connectivity index (χ2n) is 6.91. The van der Waals surface area contributed by atoms with Gasteiger partial charge >= 0.3 is 5.97 Å². The zero-order valence-electron chi connectivity index (χ0n) is 19.8. The molecule has 0 aliphatic rings. The minimum atomic E-state index is -0.482. The highest BCUT2D eigenvalue weighted by atomic mass is 127. The van der Waals surface area contributed by atoms with Gasteiger partial charge in [0.15, 0.2) is 0 Å². The molecule has 0 saturated heterocycles. The molecule has 3 aromatic rings. The van der Waals surface area contributed by atoms with Crippen LogP contribution in [-0.2, 0) is 22.4 Å². The number of carbonyl (C=O) groups is 1. The summed E-state index contributed by atoms with van der Waals surface area (Å²) in [6.45, 7) is 8.10. The van der Waals surface area contributed by atoms with Crippen LogP contribution in [0.1, 0.15) is 25.1 Å². The third kappa shape index (κ3) is 8.37. The molecule has 1 unspecified atom stereocenters. The Morgan fingerprint density at radius 1 is 1.24 bits per heavy atom. The summed E-state index contributed by atoms with van der Waals surface area (Å²) in [6.07, 6.45) is 7.85. The number of allylic oxidation sites excluding steroid dienone is 2. The van der Waals surface area contributed by atoms with Crippen molar-refractivity contribution in [3.63, 3.8) is 0 Å². The summed E-state index contributed by atoms with van der Waals surface area (Å²) in [7, 11) is 1.38. The third-order valence-corrected chi connectivity index (χ3v) is 5.48. The van der Waals surface area contributed by atoms with Gasteiger partial charge in [-0.05, 0) is 64.7 Å². The maximum Gasteiger partial charge on any atom is 0.328 e. The number of oxazole rings is 1. The van der Waals surface area contributed by atoms with Crippen molar-refractivity contribution >= 4 is 28.6 Å². The molecule has 0 aliphatic carbocycles. The monoisotopic (exact) mass is 574 g/mol. The first kappa shape index (κ1) is 27.2. The maximum absolute atomic E-state index is 12.0. The summed E-state index contributed by atoms with van der Waals surface area (Å²) < 4.78 is 17.4. The van der Waals surface area contributed by atoms with Gasteiger partial charge in [0.25, 0.3) is 0 Å². The van der Waals surface area contributed by atoms with Gasteiger partial charge < -0.3 is 19.2 Å². The lowest BCUT2D eigenvalue weighted by Crippen LogP contribution is -2.36. The number of nitrogens with one attached hydrogen (secondary N) is 1. The van der Waals surface area contributed by atoms with E-state index in [4.69, 9.17) is 13.9 Å². The molecule has 0 fully saturated rings.